The Morgan fingerprint density at radius 2 is 1.02 bits per heavy atom. The fourth-order valence-corrected chi connectivity index (χ4v) is 7.43. The van der Waals surface area contributed by atoms with Crippen LogP contribution < -0.4 is 29.6 Å². The number of fused-ring (bicyclic) bond motifs is 2. The number of ether oxygens (including phenoxy) is 4. The van der Waals surface area contributed by atoms with E-state index in [2.05, 4.69) is 10.6 Å². The predicted octanol–water partition coefficient (Wildman–Crippen LogP) is 7.95. The summed E-state index contributed by atoms with van der Waals surface area (Å²) >= 11 is 2.88. The number of hydrogen-bond donors (Lipinski definition) is 4. The number of aliphatic hydroxyl groups excluding tert-OH is 2. The normalized spacial score (nSPS) is 13.8. The molecule has 0 spiro atoms. The number of rotatable bonds is 18. The van der Waals surface area contributed by atoms with Crippen molar-refractivity contribution in [3.63, 3.8) is 0 Å². The van der Waals surface area contributed by atoms with Gasteiger partial charge in [-0.1, -0.05) is 41.2 Å². The number of hydrogen-bond acceptors (Lipinski definition) is 12. The van der Waals surface area contributed by atoms with Gasteiger partial charge in [0.05, 0.1) is 33.8 Å². The minimum absolute atomic E-state index is 0.00225. The number of unbranched alkanes of at least 4 members (excludes halogenated alkanes) is 2. The van der Waals surface area contributed by atoms with Crippen molar-refractivity contribution < 1.29 is 29.2 Å². The second-order valence-corrected chi connectivity index (χ2v) is 16.8. The topological polar surface area (TPSA) is 127 Å². The summed E-state index contributed by atoms with van der Waals surface area (Å²) in [5.74, 6) is 1.38. The Balaban J connectivity index is 1.23. The lowest BCUT2D eigenvalue weighted by molar-refractivity contribution is 0.132. The van der Waals surface area contributed by atoms with Crippen LogP contribution in [0.4, 0.5) is 0 Å². The van der Waals surface area contributed by atoms with Crippen LogP contribution in [0.25, 0.3) is 20.4 Å². The van der Waals surface area contributed by atoms with Crippen LogP contribution in [0.2, 0.25) is 0 Å². The van der Waals surface area contributed by atoms with Crippen LogP contribution in [-0.4, -0.2) is 69.8 Å². The van der Waals surface area contributed by atoms with Gasteiger partial charge in [0.2, 0.25) is 0 Å². The molecule has 0 saturated heterocycles. The lowest BCUT2D eigenvalue weighted by Crippen LogP contribution is -2.24. The molecular weight excluding hydrogens is 661 g/mol. The third kappa shape index (κ3) is 11.7. The molecule has 4 N–H and O–H groups in total. The number of aromatic nitrogens is 2. The van der Waals surface area contributed by atoms with E-state index in [1.165, 1.54) is 22.7 Å². The van der Waals surface area contributed by atoms with Crippen molar-refractivity contribution in [3.05, 3.63) is 35.4 Å². The summed E-state index contributed by atoms with van der Waals surface area (Å²) in [5.41, 5.74) is 2.33. The Morgan fingerprint density at radius 1 is 0.633 bits per heavy atom. The van der Waals surface area contributed by atoms with Crippen LogP contribution in [0.15, 0.2) is 24.3 Å². The van der Waals surface area contributed by atoms with E-state index in [0.29, 0.717) is 35.0 Å². The predicted molar refractivity (Wildman–Crippen MR) is 201 cm³/mol. The Hall–Kier alpha value is -2.74. The molecule has 0 radical (unpaired) electrons. The maximum absolute atomic E-state index is 11.1. The van der Waals surface area contributed by atoms with Gasteiger partial charge >= 0.3 is 0 Å². The zero-order valence-corrected chi connectivity index (χ0v) is 32.4. The largest absolute Gasteiger partial charge is 0.486 e. The molecule has 272 valence electrons. The van der Waals surface area contributed by atoms with Gasteiger partial charge in [-0.05, 0) is 107 Å². The Labute approximate surface area is 299 Å². The van der Waals surface area contributed by atoms with Crippen LogP contribution in [0, 0.1) is 0 Å². The smallest absolute Gasteiger partial charge is 0.274 e. The molecule has 0 aliphatic heterocycles. The third-order valence-electron chi connectivity index (χ3n) is 7.14. The van der Waals surface area contributed by atoms with Gasteiger partial charge in [0.25, 0.3) is 10.4 Å². The zero-order chi connectivity index (χ0) is 35.9. The molecule has 4 rings (SSSR count). The summed E-state index contributed by atoms with van der Waals surface area (Å²) in [7, 11) is 0. The molecule has 0 amide bonds. The second kappa shape index (κ2) is 17.0. The van der Waals surface area contributed by atoms with Crippen molar-refractivity contribution in [2.75, 3.05) is 26.2 Å². The van der Waals surface area contributed by atoms with Gasteiger partial charge in [0, 0.05) is 24.2 Å². The molecule has 0 aliphatic rings. The van der Waals surface area contributed by atoms with Crippen molar-refractivity contribution in [2.24, 2.45) is 0 Å². The average molecular weight is 717 g/mol. The van der Waals surface area contributed by atoms with Crippen molar-refractivity contribution in [3.8, 4) is 21.9 Å². The van der Waals surface area contributed by atoms with Crippen LogP contribution >= 0.6 is 22.7 Å². The monoisotopic (exact) mass is 716 g/mol. The molecule has 0 aliphatic carbocycles. The SMILES string of the molecule is CC(C)Oc1nc2c(OC(C)(C)C)ccc(C(O)CNCCCCCNC[C@H](O)c3ccc(OC(C)(C)C)c4nc(OC(C)C)sc34)c2s1. The third-order valence-corrected chi connectivity index (χ3v) is 9.13. The van der Waals surface area contributed by atoms with E-state index in [1.54, 1.807) is 0 Å². The summed E-state index contributed by atoms with van der Waals surface area (Å²) in [6, 6.07) is 7.65. The molecule has 2 heterocycles. The second-order valence-electron chi connectivity index (χ2n) is 14.9. The zero-order valence-electron chi connectivity index (χ0n) is 30.8. The van der Waals surface area contributed by atoms with Gasteiger partial charge in [-0.25, -0.2) is 0 Å². The van der Waals surface area contributed by atoms with Crippen molar-refractivity contribution in [2.45, 2.75) is 124 Å². The van der Waals surface area contributed by atoms with Crippen LogP contribution in [-0.2, 0) is 0 Å². The molecular formula is C37H56N4O6S2. The first-order chi connectivity index (χ1) is 23.0. The molecule has 0 saturated carbocycles. The molecule has 2 aromatic heterocycles. The highest BCUT2D eigenvalue weighted by Gasteiger charge is 2.24. The first-order valence-corrected chi connectivity index (χ1v) is 19.0. The first-order valence-electron chi connectivity index (χ1n) is 17.4. The van der Waals surface area contributed by atoms with Crippen LogP contribution in [0.1, 0.15) is 112 Å². The van der Waals surface area contributed by atoms with E-state index in [0.717, 1.165) is 63.9 Å². The summed E-state index contributed by atoms with van der Waals surface area (Å²) in [4.78, 5) is 9.39. The summed E-state index contributed by atoms with van der Waals surface area (Å²) in [6.07, 6.45) is 1.61. The van der Waals surface area contributed by atoms with E-state index < -0.39 is 12.2 Å². The maximum atomic E-state index is 11.1. The molecule has 2 atom stereocenters. The van der Waals surface area contributed by atoms with Crippen molar-refractivity contribution >= 4 is 43.1 Å². The van der Waals surface area contributed by atoms with Crippen LogP contribution in [0.3, 0.4) is 0 Å². The summed E-state index contributed by atoms with van der Waals surface area (Å²) in [5, 5.41) is 30.2. The summed E-state index contributed by atoms with van der Waals surface area (Å²) < 4.78 is 25.9. The van der Waals surface area contributed by atoms with Gasteiger partial charge in [-0.15, -0.1) is 0 Å². The molecule has 12 heteroatoms. The van der Waals surface area contributed by atoms with Gasteiger partial charge in [0.1, 0.15) is 33.7 Å². The molecule has 1 unspecified atom stereocenters. The standard InChI is InChI=1S/C37H56N4O6S2/c1-22(2)44-34-40-30-28(46-36(5,6)7)16-14-24(32(30)48-34)26(42)20-38-18-12-11-13-19-39-21-27(43)25-15-17-29(47-37(8,9)10)31-33(25)49-35(41-31)45-23(3)4/h14-17,22-23,26-27,38-39,42-43H,11-13,18-21H2,1-10H3/t26-,27?/m0/s1. The Kier molecular flexibility index (Phi) is 13.5. The number of nitrogens with one attached hydrogen (secondary N) is 2. The highest BCUT2D eigenvalue weighted by Crippen LogP contribution is 2.41. The highest BCUT2D eigenvalue weighted by molar-refractivity contribution is 7.20. The first kappa shape index (κ1) is 39.1. The number of nitrogens with zero attached hydrogens (tertiary/aromatic N) is 2. The molecule has 0 bridgehead atoms. The van der Waals surface area contributed by atoms with Crippen molar-refractivity contribution in [1.82, 2.24) is 20.6 Å². The van der Waals surface area contributed by atoms with Gasteiger partial charge in [-0.3, -0.25) is 0 Å². The lowest BCUT2D eigenvalue weighted by atomic mass is 10.1. The molecule has 2 aromatic carbocycles. The Bertz CT molecular complexity index is 1520. The maximum Gasteiger partial charge on any atom is 0.274 e. The number of aliphatic hydroxyl groups is 2. The van der Waals surface area contributed by atoms with E-state index in [9.17, 15) is 10.2 Å². The molecule has 0 fully saturated rings. The van der Waals surface area contributed by atoms with Gasteiger partial charge in [0.15, 0.2) is 0 Å². The number of thiazole rings is 2. The molecule has 4 aromatic rings. The summed E-state index contributed by atoms with van der Waals surface area (Å²) in [6.45, 7) is 22.4. The highest BCUT2D eigenvalue weighted by atomic mass is 32.1. The quantitative estimate of drug-likeness (QED) is 0.0754. The minimum Gasteiger partial charge on any atom is -0.486 e. The molecule has 10 nitrogen and oxygen atoms in total. The van der Waals surface area contributed by atoms with Crippen molar-refractivity contribution in [1.29, 1.82) is 0 Å². The fourth-order valence-electron chi connectivity index (χ4n) is 5.19. The fraction of sp³-hybridized carbons (Fsp3) is 0.622. The van der Waals surface area contributed by atoms with E-state index in [4.69, 9.17) is 28.9 Å². The van der Waals surface area contributed by atoms with Gasteiger partial charge in [-0.2, -0.15) is 9.97 Å². The minimum atomic E-state index is -0.686. The number of benzene rings is 2. The molecule has 49 heavy (non-hydrogen) atoms. The lowest BCUT2D eigenvalue weighted by Gasteiger charge is -2.22. The van der Waals surface area contributed by atoms with Crippen LogP contribution in [0.5, 0.6) is 21.9 Å². The average Bonchev–Trinajstić information content (AvgIpc) is 3.59. The Morgan fingerprint density at radius 3 is 1.37 bits per heavy atom. The van der Waals surface area contributed by atoms with E-state index in [1.807, 2.05) is 93.5 Å². The van der Waals surface area contributed by atoms with Gasteiger partial charge < -0.3 is 39.8 Å². The van der Waals surface area contributed by atoms with E-state index >= 15 is 0 Å². The van der Waals surface area contributed by atoms with E-state index in [-0.39, 0.29) is 23.4 Å².